The highest BCUT2D eigenvalue weighted by molar-refractivity contribution is 5.54. The van der Waals surface area contributed by atoms with Crippen LogP contribution in [0, 0.1) is 11.3 Å². The van der Waals surface area contributed by atoms with Gasteiger partial charge in [0, 0.05) is 12.1 Å². The Balaban J connectivity index is 2.26. The lowest BCUT2D eigenvalue weighted by Gasteiger charge is -2.07. The lowest BCUT2D eigenvalue weighted by Crippen LogP contribution is -2.02. The van der Waals surface area contributed by atoms with Gasteiger partial charge in [0.2, 0.25) is 0 Å². The number of rotatable bonds is 1. The molecule has 2 heterocycles. The van der Waals surface area contributed by atoms with E-state index < -0.39 is 0 Å². The molecule has 4 heteroatoms. The van der Waals surface area contributed by atoms with Gasteiger partial charge in [0.1, 0.15) is 11.6 Å². The SMILES string of the molecule is N#Cc1cnn2c(C3C=CC=C3)ccnc12. The highest BCUT2D eigenvalue weighted by atomic mass is 15.3. The monoisotopic (exact) mass is 208 g/mol. The largest absolute Gasteiger partial charge is 0.236 e. The lowest BCUT2D eigenvalue weighted by atomic mass is 10.1. The van der Waals surface area contributed by atoms with Gasteiger partial charge in [-0.2, -0.15) is 10.4 Å². The third kappa shape index (κ3) is 1.15. The second-order valence-electron chi connectivity index (χ2n) is 3.57. The molecule has 4 nitrogen and oxygen atoms in total. The fourth-order valence-electron chi connectivity index (χ4n) is 1.87. The molecule has 0 amide bonds. The van der Waals surface area contributed by atoms with Crippen molar-refractivity contribution in [1.82, 2.24) is 14.6 Å². The standard InChI is InChI=1S/C12H8N4/c13-7-10-8-15-16-11(5-6-14-12(10)16)9-3-1-2-4-9/h1-6,8-9H. The zero-order valence-electron chi connectivity index (χ0n) is 8.41. The van der Waals surface area contributed by atoms with E-state index in [4.69, 9.17) is 5.26 Å². The van der Waals surface area contributed by atoms with Crippen LogP contribution >= 0.6 is 0 Å². The van der Waals surface area contributed by atoms with Crippen LogP contribution in [0.5, 0.6) is 0 Å². The van der Waals surface area contributed by atoms with Crippen LogP contribution in [0.15, 0.2) is 42.8 Å². The first-order valence-corrected chi connectivity index (χ1v) is 4.98. The predicted molar refractivity (Wildman–Crippen MR) is 58.7 cm³/mol. The lowest BCUT2D eigenvalue weighted by molar-refractivity contribution is 0.837. The summed E-state index contributed by atoms with van der Waals surface area (Å²) in [5.74, 6) is 0.219. The van der Waals surface area contributed by atoms with Crippen LogP contribution in [0.25, 0.3) is 5.65 Å². The third-order valence-corrected chi connectivity index (χ3v) is 2.64. The Kier molecular flexibility index (Phi) is 1.84. The summed E-state index contributed by atoms with van der Waals surface area (Å²) in [7, 11) is 0. The Labute approximate surface area is 92.2 Å². The molecule has 0 atom stereocenters. The number of hydrogen-bond acceptors (Lipinski definition) is 3. The summed E-state index contributed by atoms with van der Waals surface area (Å²) >= 11 is 0. The Morgan fingerprint density at radius 3 is 2.88 bits per heavy atom. The molecule has 76 valence electrons. The van der Waals surface area contributed by atoms with Crippen LogP contribution in [0.4, 0.5) is 0 Å². The van der Waals surface area contributed by atoms with Crippen molar-refractivity contribution in [3.8, 4) is 6.07 Å². The quantitative estimate of drug-likeness (QED) is 0.718. The van der Waals surface area contributed by atoms with Gasteiger partial charge < -0.3 is 0 Å². The Morgan fingerprint density at radius 2 is 2.12 bits per heavy atom. The van der Waals surface area contributed by atoms with E-state index in [2.05, 4.69) is 28.3 Å². The van der Waals surface area contributed by atoms with E-state index in [1.165, 1.54) is 0 Å². The van der Waals surface area contributed by atoms with E-state index in [1.807, 2.05) is 18.2 Å². The van der Waals surface area contributed by atoms with E-state index in [9.17, 15) is 0 Å². The summed E-state index contributed by atoms with van der Waals surface area (Å²) in [6.45, 7) is 0. The van der Waals surface area contributed by atoms with Crippen molar-refractivity contribution >= 4 is 5.65 Å². The molecule has 0 aliphatic heterocycles. The molecule has 0 bridgehead atoms. The second kappa shape index (κ2) is 3.31. The number of aromatic nitrogens is 3. The van der Waals surface area contributed by atoms with Crippen molar-refractivity contribution in [2.75, 3.05) is 0 Å². The maximum Gasteiger partial charge on any atom is 0.173 e. The number of fused-ring (bicyclic) bond motifs is 1. The number of allylic oxidation sites excluding steroid dienone is 4. The van der Waals surface area contributed by atoms with Crippen molar-refractivity contribution in [2.24, 2.45) is 0 Å². The smallest absolute Gasteiger partial charge is 0.173 e. The van der Waals surface area contributed by atoms with Crippen LogP contribution in [0.1, 0.15) is 17.2 Å². The highest BCUT2D eigenvalue weighted by Gasteiger charge is 2.14. The van der Waals surface area contributed by atoms with Gasteiger partial charge in [0.05, 0.1) is 11.9 Å². The number of nitriles is 1. The van der Waals surface area contributed by atoms with Gasteiger partial charge in [0.25, 0.3) is 0 Å². The molecule has 16 heavy (non-hydrogen) atoms. The molecular weight excluding hydrogens is 200 g/mol. The summed E-state index contributed by atoms with van der Waals surface area (Å²) in [5, 5.41) is 13.1. The maximum atomic E-state index is 8.91. The van der Waals surface area contributed by atoms with Crippen LogP contribution < -0.4 is 0 Å². The van der Waals surface area contributed by atoms with E-state index in [-0.39, 0.29) is 5.92 Å². The molecule has 1 aliphatic carbocycles. The van der Waals surface area contributed by atoms with Gasteiger partial charge in [-0.25, -0.2) is 9.50 Å². The highest BCUT2D eigenvalue weighted by Crippen LogP contribution is 2.23. The van der Waals surface area contributed by atoms with Crippen molar-refractivity contribution in [2.45, 2.75) is 5.92 Å². The molecule has 2 aromatic heterocycles. The summed E-state index contributed by atoms with van der Waals surface area (Å²) in [4.78, 5) is 4.17. The minimum atomic E-state index is 0.219. The van der Waals surface area contributed by atoms with Crippen LogP contribution in [0.3, 0.4) is 0 Å². The molecule has 0 fully saturated rings. The molecular formula is C12H8N4. The van der Waals surface area contributed by atoms with Crippen LogP contribution in [-0.2, 0) is 0 Å². The summed E-state index contributed by atoms with van der Waals surface area (Å²) in [6, 6.07) is 4.01. The van der Waals surface area contributed by atoms with Gasteiger partial charge in [0.15, 0.2) is 5.65 Å². The van der Waals surface area contributed by atoms with E-state index in [1.54, 1.807) is 16.9 Å². The molecule has 0 unspecified atom stereocenters. The van der Waals surface area contributed by atoms with Crippen molar-refractivity contribution in [1.29, 1.82) is 5.26 Å². The average Bonchev–Trinajstić information content (AvgIpc) is 2.97. The van der Waals surface area contributed by atoms with Gasteiger partial charge in [-0.1, -0.05) is 24.3 Å². The van der Waals surface area contributed by atoms with Crippen molar-refractivity contribution < 1.29 is 0 Å². The Bertz CT molecular complexity index is 631. The topological polar surface area (TPSA) is 54.0 Å². The first-order chi connectivity index (χ1) is 7.90. The average molecular weight is 208 g/mol. The zero-order chi connectivity index (χ0) is 11.0. The molecule has 3 rings (SSSR count). The Morgan fingerprint density at radius 1 is 1.31 bits per heavy atom. The van der Waals surface area contributed by atoms with E-state index in [0.717, 1.165) is 5.69 Å². The van der Waals surface area contributed by atoms with Gasteiger partial charge >= 0.3 is 0 Å². The van der Waals surface area contributed by atoms with Gasteiger partial charge in [-0.3, -0.25) is 0 Å². The fourth-order valence-corrected chi connectivity index (χ4v) is 1.87. The van der Waals surface area contributed by atoms with Crippen molar-refractivity contribution in [3.05, 3.63) is 54.0 Å². The van der Waals surface area contributed by atoms with E-state index >= 15 is 0 Å². The molecule has 2 aromatic rings. The molecule has 0 radical (unpaired) electrons. The van der Waals surface area contributed by atoms with Crippen molar-refractivity contribution in [3.63, 3.8) is 0 Å². The summed E-state index contributed by atoms with van der Waals surface area (Å²) in [5.41, 5.74) is 2.15. The molecule has 0 spiro atoms. The molecule has 0 saturated carbocycles. The minimum absolute atomic E-state index is 0.219. The first-order valence-electron chi connectivity index (χ1n) is 4.98. The van der Waals surface area contributed by atoms with Gasteiger partial charge in [-0.05, 0) is 6.07 Å². The molecule has 0 aromatic carbocycles. The fraction of sp³-hybridized carbons (Fsp3) is 0.0833. The summed E-state index contributed by atoms with van der Waals surface area (Å²) < 4.78 is 1.73. The predicted octanol–water partition coefficient (Wildman–Crippen LogP) is 1.81. The molecule has 1 aliphatic rings. The normalized spacial score (nSPS) is 14.7. The van der Waals surface area contributed by atoms with E-state index in [0.29, 0.717) is 11.2 Å². The van der Waals surface area contributed by atoms with Gasteiger partial charge in [-0.15, -0.1) is 0 Å². The van der Waals surface area contributed by atoms with Crippen LogP contribution in [0.2, 0.25) is 0 Å². The zero-order valence-corrected chi connectivity index (χ0v) is 8.41. The molecule has 0 N–H and O–H groups in total. The summed E-state index contributed by atoms with van der Waals surface area (Å²) in [6.07, 6.45) is 11.4. The third-order valence-electron chi connectivity index (χ3n) is 2.64. The Hall–Kier alpha value is -2.41. The van der Waals surface area contributed by atoms with Crippen LogP contribution in [-0.4, -0.2) is 14.6 Å². The maximum absolute atomic E-state index is 8.91. The second-order valence-corrected chi connectivity index (χ2v) is 3.57. The first kappa shape index (κ1) is 8.86. The number of nitrogens with zero attached hydrogens (tertiary/aromatic N) is 4. The minimum Gasteiger partial charge on any atom is -0.236 e. The molecule has 0 saturated heterocycles. The number of hydrogen-bond donors (Lipinski definition) is 0.